The zero-order valence-electron chi connectivity index (χ0n) is 12.1. The van der Waals surface area contributed by atoms with Crippen LogP contribution in [0.25, 0.3) is 0 Å². The molecule has 1 N–H and O–H groups in total. The van der Waals surface area contributed by atoms with Crippen LogP contribution in [0.5, 0.6) is 5.75 Å². The molecule has 1 aromatic rings. The van der Waals surface area contributed by atoms with Gasteiger partial charge in [0.25, 0.3) is 5.91 Å². The number of carbonyl (C=O) groups is 1. The highest BCUT2D eigenvalue weighted by Gasteiger charge is 2.09. The first-order valence-electron chi connectivity index (χ1n) is 6.88. The molecule has 5 heteroatoms. The van der Waals surface area contributed by atoms with E-state index in [1.807, 2.05) is 0 Å². The predicted molar refractivity (Wildman–Crippen MR) is 75.6 cm³/mol. The van der Waals surface area contributed by atoms with Crippen molar-refractivity contribution in [3.05, 3.63) is 29.6 Å². The molecule has 1 rings (SSSR count). The molecule has 0 unspecified atom stereocenters. The van der Waals surface area contributed by atoms with Gasteiger partial charge in [0.1, 0.15) is 0 Å². The molecule has 0 atom stereocenters. The van der Waals surface area contributed by atoms with Crippen LogP contribution in [0, 0.1) is 5.82 Å². The third kappa shape index (κ3) is 5.57. The zero-order chi connectivity index (χ0) is 14.8. The Morgan fingerprint density at radius 2 is 2.05 bits per heavy atom. The molecular formula is C15H22FNO3. The van der Waals surface area contributed by atoms with Gasteiger partial charge in [-0.25, -0.2) is 4.39 Å². The van der Waals surface area contributed by atoms with Crippen molar-refractivity contribution >= 4 is 5.91 Å². The first-order valence-corrected chi connectivity index (χ1v) is 6.88. The van der Waals surface area contributed by atoms with Crippen LogP contribution in [0.2, 0.25) is 0 Å². The fourth-order valence-electron chi connectivity index (χ4n) is 1.63. The van der Waals surface area contributed by atoms with Crippen molar-refractivity contribution in [1.29, 1.82) is 0 Å². The Labute approximate surface area is 119 Å². The lowest BCUT2D eigenvalue weighted by Crippen LogP contribution is -2.25. The van der Waals surface area contributed by atoms with Crippen molar-refractivity contribution < 1.29 is 18.7 Å². The lowest BCUT2D eigenvalue weighted by atomic mass is 10.2. The molecule has 0 saturated heterocycles. The van der Waals surface area contributed by atoms with Crippen LogP contribution in [0.3, 0.4) is 0 Å². The number of amides is 1. The van der Waals surface area contributed by atoms with Gasteiger partial charge in [-0.1, -0.05) is 13.3 Å². The highest BCUT2D eigenvalue weighted by atomic mass is 19.1. The Morgan fingerprint density at radius 3 is 2.70 bits per heavy atom. The number of hydrogen-bond donors (Lipinski definition) is 1. The average molecular weight is 283 g/mol. The topological polar surface area (TPSA) is 47.6 Å². The molecule has 0 aromatic heterocycles. The van der Waals surface area contributed by atoms with Crippen molar-refractivity contribution in [2.24, 2.45) is 0 Å². The molecule has 112 valence electrons. The lowest BCUT2D eigenvalue weighted by molar-refractivity contribution is 0.0940. The van der Waals surface area contributed by atoms with E-state index in [9.17, 15) is 9.18 Å². The lowest BCUT2D eigenvalue weighted by Gasteiger charge is -2.07. The second-order valence-electron chi connectivity index (χ2n) is 4.42. The monoisotopic (exact) mass is 283 g/mol. The normalized spacial score (nSPS) is 10.3. The first-order chi connectivity index (χ1) is 9.69. The van der Waals surface area contributed by atoms with Gasteiger partial charge in [-0.05, 0) is 31.0 Å². The van der Waals surface area contributed by atoms with E-state index in [0.29, 0.717) is 13.2 Å². The molecule has 0 spiro atoms. The van der Waals surface area contributed by atoms with Crippen LogP contribution in [-0.4, -0.2) is 32.8 Å². The molecule has 1 amide bonds. The first kappa shape index (κ1) is 16.4. The van der Waals surface area contributed by atoms with Gasteiger partial charge in [-0.2, -0.15) is 0 Å². The molecule has 0 saturated carbocycles. The summed E-state index contributed by atoms with van der Waals surface area (Å²) in [5, 5.41) is 2.73. The fraction of sp³-hybridized carbons (Fsp3) is 0.533. The van der Waals surface area contributed by atoms with Crippen molar-refractivity contribution in [3.8, 4) is 5.75 Å². The molecule has 1 aromatic carbocycles. The van der Waals surface area contributed by atoms with Crippen LogP contribution in [-0.2, 0) is 4.74 Å². The van der Waals surface area contributed by atoms with Crippen LogP contribution in [0.4, 0.5) is 4.39 Å². The van der Waals surface area contributed by atoms with Crippen LogP contribution >= 0.6 is 0 Å². The molecule has 0 aliphatic carbocycles. The molecule has 0 bridgehead atoms. The molecular weight excluding hydrogens is 261 g/mol. The van der Waals surface area contributed by atoms with Gasteiger partial charge < -0.3 is 14.8 Å². The van der Waals surface area contributed by atoms with Crippen molar-refractivity contribution in [3.63, 3.8) is 0 Å². The summed E-state index contributed by atoms with van der Waals surface area (Å²) in [6, 6.07) is 4.15. The SMILES string of the molecule is CCCCOCCCNC(=O)c1ccc(OC)c(F)c1. The van der Waals surface area contributed by atoms with Crippen molar-refractivity contribution in [2.45, 2.75) is 26.2 Å². The Bertz CT molecular complexity index is 424. The highest BCUT2D eigenvalue weighted by molar-refractivity contribution is 5.94. The second kappa shape index (κ2) is 9.31. The predicted octanol–water partition coefficient (Wildman–Crippen LogP) is 2.77. The number of benzene rings is 1. The van der Waals surface area contributed by atoms with E-state index in [1.165, 1.54) is 25.3 Å². The minimum Gasteiger partial charge on any atom is -0.494 e. The number of hydrogen-bond acceptors (Lipinski definition) is 3. The van der Waals surface area contributed by atoms with Gasteiger partial charge in [-0.3, -0.25) is 4.79 Å². The van der Waals surface area contributed by atoms with Crippen molar-refractivity contribution in [1.82, 2.24) is 5.32 Å². The molecule has 0 aliphatic rings. The van der Waals surface area contributed by atoms with Gasteiger partial charge >= 0.3 is 0 Å². The molecule has 20 heavy (non-hydrogen) atoms. The van der Waals surface area contributed by atoms with E-state index in [-0.39, 0.29) is 17.2 Å². The smallest absolute Gasteiger partial charge is 0.251 e. The summed E-state index contributed by atoms with van der Waals surface area (Å²) in [6.07, 6.45) is 2.91. The van der Waals surface area contributed by atoms with Crippen LogP contribution in [0.1, 0.15) is 36.5 Å². The standard InChI is InChI=1S/C15H22FNO3/c1-3-4-9-20-10-5-8-17-15(18)12-6-7-14(19-2)13(16)11-12/h6-7,11H,3-5,8-10H2,1-2H3,(H,17,18). The minimum absolute atomic E-state index is 0.130. The summed E-state index contributed by atoms with van der Waals surface area (Å²) < 4.78 is 23.6. The number of rotatable bonds is 9. The molecule has 0 aliphatic heterocycles. The second-order valence-corrected chi connectivity index (χ2v) is 4.42. The maximum absolute atomic E-state index is 13.4. The Morgan fingerprint density at radius 1 is 1.30 bits per heavy atom. The van der Waals surface area contributed by atoms with E-state index >= 15 is 0 Å². The van der Waals surface area contributed by atoms with Gasteiger partial charge in [0, 0.05) is 25.3 Å². The quantitative estimate of drug-likeness (QED) is 0.709. The summed E-state index contributed by atoms with van der Waals surface area (Å²) in [7, 11) is 1.39. The Kier molecular flexibility index (Phi) is 7.65. The summed E-state index contributed by atoms with van der Waals surface area (Å²) in [4.78, 5) is 11.8. The maximum Gasteiger partial charge on any atom is 0.251 e. The van der Waals surface area contributed by atoms with Crippen LogP contribution in [0.15, 0.2) is 18.2 Å². The third-order valence-corrected chi connectivity index (χ3v) is 2.81. The van der Waals surface area contributed by atoms with Gasteiger partial charge in [-0.15, -0.1) is 0 Å². The number of nitrogens with one attached hydrogen (secondary N) is 1. The highest BCUT2D eigenvalue weighted by Crippen LogP contribution is 2.17. The van der Waals surface area contributed by atoms with E-state index in [1.54, 1.807) is 0 Å². The molecule has 0 radical (unpaired) electrons. The molecule has 0 fully saturated rings. The molecule has 0 heterocycles. The van der Waals surface area contributed by atoms with Gasteiger partial charge in [0.15, 0.2) is 11.6 Å². The fourth-order valence-corrected chi connectivity index (χ4v) is 1.63. The van der Waals surface area contributed by atoms with E-state index in [4.69, 9.17) is 9.47 Å². The summed E-state index contributed by atoms with van der Waals surface area (Å²) in [6.45, 7) is 4.00. The summed E-state index contributed by atoms with van der Waals surface area (Å²) >= 11 is 0. The number of methoxy groups -OCH3 is 1. The zero-order valence-corrected chi connectivity index (χ0v) is 12.1. The largest absolute Gasteiger partial charge is 0.494 e. The average Bonchev–Trinajstić information content (AvgIpc) is 2.46. The Hall–Kier alpha value is -1.62. The number of unbranched alkanes of at least 4 members (excludes halogenated alkanes) is 1. The van der Waals surface area contributed by atoms with Crippen LogP contribution < -0.4 is 10.1 Å². The number of halogens is 1. The minimum atomic E-state index is -0.539. The number of carbonyl (C=O) groups excluding carboxylic acids is 1. The third-order valence-electron chi connectivity index (χ3n) is 2.81. The maximum atomic E-state index is 13.4. The Balaban J connectivity index is 2.27. The molecule has 4 nitrogen and oxygen atoms in total. The van der Waals surface area contributed by atoms with Gasteiger partial charge in [0.2, 0.25) is 0 Å². The van der Waals surface area contributed by atoms with Gasteiger partial charge in [0.05, 0.1) is 7.11 Å². The van der Waals surface area contributed by atoms with E-state index in [0.717, 1.165) is 25.9 Å². The van der Waals surface area contributed by atoms with E-state index < -0.39 is 5.82 Å². The van der Waals surface area contributed by atoms with E-state index in [2.05, 4.69) is 12.2 Å². The number of ether oxygens (including phenoxy) is 2. The summed E-state index contributed by atoms with van der Waals surface area (Å²) in [5.74, 6) is -0.700. The van der Waals surface area contributed by atoms with Crippen molar-refractivity contribution in [2.75, 3.05) is 26.9 Å². The summed E-state index contributed by atoms with van der Waals surface area (Å²) in [5.41, 5.74) is 0.287.